The van der Waals surface area contributed by atoms with Gasteiger partial charge in [0.05, 0.1) is 7.11 Å². The lowest BCUT2D eigenvalue weighted by molar-refractivity contribution is 0.414. The van der Waals surface area contributed by atoms with E-state index >= 15 is 0 Å². The van der Waals surface area contributed by atoms with Gasteiger partial charge >= 0.3 is 0 Å². The summed E-state index contributed by atoms with van der Waals surface area (Å²) in [5.74, 6) is 0.838. The van der Waals surface area contributed by atoms with Crippen molar-refractivity contribution < 1.29 is 4.74 Å². The van der Waals surface area contributed by atoms with Crippen LogP contribution in [0.3, 0.4) is 0 Å². The number of guanidine groups is 1. The van der Waals surface area contributed by atoms with Gasteiger partial charge < -0.3 is 16.2 Å². The van der Waals surface area contributed by atoms with Crippen LogP contribution in [-0.4, -0.2) is 19.6 Å². The van der Waals surface area contributed by atoms with Crippen molar-refractivity contribution in [2.24, 2.45) is 16.5 Å². The molecular weight excluding hydrogens is 340 g/mol. The van der Waals surface area contributed by atoms with E-state index in [4.69, 9.17) is 27.8 Å². The zero-order valence-corrected chi connectivity index (χ0v) is 12.0. The van der Waals surface area contributed by atoms with Gasteiger partial charge in [-0.15, -0.1) is 24.0 Å². The summed E-state index contributed by atoms with van der Waals surface area (Å²) in [4.78, 5) is 3.89. The largest absolute Gasteiger partial charge is 0.497 e. The van der Waals surface area contributed by atoms with Gasteiger partial charge in [-0.2, -0.15) is 0 Å². The first-order valence-corrected chi connectivity index (χ1v) is 4.89. The number of ether oxygens (including phenoxy) is 1. The average molecular weight is 356 g/mol. The summed E-state index contributed by atoms with van der Waals surface area (Å²) in [6.07, 6.45) is 0.709. The van der Waals surface area contributed by atoms with Gasteiger partial charge in [0, 0.05) is 11.6 Å². The van der Waals surface area contributed by atoms with Gasteiger partial charge in [-0.1, -0.05) is 17.7 Å². The Balaban J connectivity index is 0.00000225. The van der Waals surface area contributed by atoms with E-state index in [1.54, 1.807) is 13.2 Å². The van der Waals surface area contributed by atoms with Crippen LogP contribution < -0.4 is 16.2 Å². The van der Waals surface area contributed by atoms with Gasteiger partial charge in [0.25, 0.3) is 0 Å². The predicted octanol–water partition coefficient (Wildman–Crippen LogP) is 1.78. The lowest BCUT2D eigenvalue weighted by Gasteiger charge is -2.05. The fraction of sp³-hybridized carbons (Fsp3) is 0.300. The molecule has 0 bridgehead atoms. The van der Waals surface area contributed by atoms with Gasteiger partial charge in [0.1, 0.15) is 5.75 Å². The van der Waals surface area contributed by atoms with Crippen LogP contribution in [0, 0.1) is 0 Å². The summed E-state index contributed by atoms with van der Waals surface area (Å²) in [5, 5.41) is 0.667. The maximum Gasteiger partial charge on any atom is 0.185 e. The number of rotatable bonds is 4. The highest BCUT2D eigenvalue weighted by molar-refractivity contribution is 14.0. The summed E-state index contributed by atoms with van der Waals surface area (Å²) in [7, 11) is 1.60. The molecule has 0 heterocycles. The van der Waals surface area contributed by atoms with Crippen LogP contribution >= 0.6 is 35.6 Å². The summed E-state index contributed by atoms with van der Waals surface area (Å²) in [5.41, 5.74) is 11.4. The predicted molar refractivity (Wildman–Crippen MR) is 77.8 cm³/mol. The molecule has 1 aromatic carbocycles. The van der Waals surface area contributed by atoms with Crippen molar-refractivity contribution in [2.75, 3.05) is 13.7 Å². The molecule has 1 aromatic rings. The van der Waals surface area contributed by atoms with Crippen molar-refractivity contribution in [2.45, 2.75) is 6.42 Å². The van der Waals surface area contributed by atoms with Gasteiger partial charge in [-0.05, 0) is 24.1 Å². The van der Waals surface area contributed by atoms with Gasteiger partial charge in [-0.25, -0.2) is 0 Å². The first kappa shape index (κ1) is 15.3. The first-order chi connectivity index (χ1) is 7.13. The van der Waals surface area contributed by atoms with E-state index in [0.29, 0.717) is 18.0 Å². The van der Waals surface area contributed by atoms with E-state index in [1.165, 1.54) is 0 Å². The number of benzene rings is 1. The molecule has 0 aliphatic carbocycles. The van der Waals surface area contributed by atoms with E-state index in [2.05, 4.69) is 4.99 Å². The van der Waals surface area contributed by atoms with E-state index in [0.717, 1.165) is 11.3 Å². The molecule has 0 saturated heterocycles. The van der Waals surface area contributed by atoms with E-state index in [-0.39, 0.29) is 29.9 Å². The molecule has 0 aromatic heterocycles. The highest BCUT2D eigenvalue weighted by atomic mass is 127. The third kappa shape index (κ3) is 4.89. The fourth-order valence-corrected chi connectivity index (χ4v) is 1.43. The zero-order chi connectivity index (χ0) is 11.3. The molecule has 0 atom stereocenters. The number of hydrogen-bond donors (Lipinski definition) is 2. The highest BCUT2D eigenvalue weighted by Crippen LogP contribution is 2.22. The molecule has 0 saturated carbocycles. The lowest BCUT2D eigenvalue weighted by atomic mass is 10.1. The quantitative estimate of drug-likeness (QED) is 0.491. The Bertz CT molecular complexity index is 367. The second kappa shape index (κ2) is 7.56. The molecule has 0 amide bonds. The molecule has 0 unspecified atom stereocenters. The van der Waals surface area contributed by atoms with E-state index < -0.39 is 0 Å². The van der Waals surface area contributed by atoms with Crippen molar-refractivity contribution in [1.29, 1.82) is 0 Å². The summed E-state index contributed by atoms with van der Waals surface area (Å²) in [6.45, 7) is 0.536. The third-order valence-electron chi connectivity index (χ3n) is 1.94. The molecular formula is C10H15ClIN3O. The lowest BCUT2D eigenvalue weighted by Crippen LogP contribution is -2.23. The second-order valence-corrected chi connectivity index (χ2v) is 3.42. The molecule has 0 fully saturated rings. The monoisotopic (exact) mass is 355 g/mol. The second-order valence-electron chi connectivity index (χ2n) is 3.01. The number of nitrogens with zero attached hydrogens (tertiary/aromatic N) is 1. The van der Waals surface area contributed by atoms with Crippen molar-refractivity contribution in [3.8, 4) is 5.75 Å². The molecule has 90 valence electrons. The normalized spacial score (nSPS) is 9.12. The molecule has 0 aliphatic rings. The standard InChI is InChI=1S/C10H14ClN3O.HI/c1-15-8-3-2-7(9(11)6-8)4-5-14-10(12)13;/h2-3,6H,4-5H2,1H3,(H4,12,13,14);1H. The number of hydrogen-bond acceptors (Lipinski definition) is 2. The van der Waals surface area contributed by atoms with Crippen LogP contribution in [-0.2, 0) is 6.42 Å². The summed E-state index contributed by atoms with van der Waals surface area (Å²) >= 11 is 6.03. The van der Waals surface area contributed by atoms with Crippen LogP contribution in [0.1, 0.15) is 5.56 Å². The number of nitrogens with two attached hydrogens (primary N) is 2. The summed E-state index contributed by atoms with van der Waals surface area (Å²) < 4.78 is 5.04. The minimum absolute atomic E-state index is 0. The van der Waals surface area contributed by atoms with Crippen molar-refractivity contribution in [3.05, 3.63) is 28.8 Å². The Morgan fingerprint density at radius 3 is 2.62 bits per heavy atom. The summed E-state index contributed by atoms with van der Waals surface area (Å²) in [6, 6.07) is 5.53. The Morgan fingerprint density at radius 1 is 1.44 bits per heavy atom. The molecule has 6 heteroatoms. The average Bonchev–Trinajstić information content (AvgIpc) is 2.20. The van der Waals surface area contributed by atoms with Crippen LogP contribution in [0.15, 0.2) is 23.2 Å². The van der Waals surface area contributed by atoms with Gasteiger partial charge in [-0.3, -0.25) is 4.99 Å². The minimum atomic E-state index is 0. The number of aliphatic imine (C=N–C) groups is 1. The molecule has 4 N–H and O–H groups in total. The first-order valence-electron chi connectivity index (χ1n) is 4.51. The maximum atomic E-state index is 6.03. The van der Waals surface area contributed by atoms with Crippen molar-refractivity contribution in [1.82, 2.24) is 0 Å². The van der Waals surface area contributed by atoms with Gasteiger partial charge in [0.15, 0.2) is 5.96 Å². The number of methoxy groups -OCH3 is 1. The fourth-order valence-electron chi connectivity index (χ4n) is 1.16. The third-order valence-corrected chi connectivity index (χ3v) is 2.29. The Hall–Kier alpha value is -0.690. The smallest absolute Gasteiger partial charge is 0.185 e. The van der Waals surface area contributed by atoms with Crippen LogP contribution in [0.2, 0.25) is 5.02 Å². The Labute approximate surface area is 117 Å². The van der Waals surface area contributed by atoms with Crippen molar-refractivity contribution in [3.63, 3.8) is 0 Å². The molecule has 0 aliphatic heterocycles. The Morgan fingerprint density at radius 2 is 2.12 bits per heavy atom. The van der Waals surface area contributed by atoms with Crippen LogP contribution in [0.25, 0.3) is 0 Å². The van der Waals surface area contributed by atoms with Gasteiger partial charge in [0.2, 0.25) is 0 Å². The van der Waals surface area contributed by atoms with Crippen molar-refractivity contribution >= 4 is 41.5 Å². The SMILES string of the molecule is COc1ccc(CCN=C(N)N)c(Cl)c1.I. The highest BCUT2D eigenvalue weighted by Gasteiger charge is 2.01. The molecule has 0 spiro atoms. The molecule has 16 heavy (non-hydrogen) atoms. The topological polar surface area (TPSA) is 73.6 Å². The molecule has 4 nitrogen and oxygen atoms in total. The van der Waals surface area contributed by atoms with E-state index in [1.807, 2.05) is 12.1 Å². The van der Waals surface area contributed by atoms with Crippen LogP contribution in [0.4, 0.5) is 0 Å². The minimum Gasteiger partial charge on any atom is -0.497 e. The Kier molecular flexibility index (Phi) is 7.24. The van der Waals surface area contributed by atoms with Crippen LogP contribution in [0.5, 0.6) is 5.75 Å². The number of halogens is 2. The molecule has 0 radical (unpaired) electrons. The van der Waals surface area contributed by atoms with E-state index in [9.17, 15) is 0 Å². The zero-order valence-electron chi connectivity index (χ0n) is 8.94. The molecule has 1 rings (SSSR count). The maximum absolute atomic E-state index is 6.03.